The number of nitrogens with zero attached hydrogens (tertiary/aromatic N) is 1. The molecule has 2 aliphatic rings. The Hall–Kier alpha value is -3.48. The van der Waals surface area contributed by atoms with Crippen LogP contribution in [0.5, 0.6) is 0 Å². The average molecular weight is 423 g/mol. The summed E-state index contributed by atoms with van der Waals surface area (Å²) in [6.07, 6.45) is 12.5. The predicted molar refractivity (Wildman–Crippen MR) is 120 cm³/mol. The number of benzene rings is 1. The smallest absolute Gasteiger partial charge is 0.392 e. The van der Waals surface area contributed by atoms with Crippen molar-refractivity contribution in [3.05, 3.63) is 53.9 Å². The van der Waals surface area contributed by atoms with Crippen LogP contribution in [0.4, 0.5) is 11.4 Å². The van der Waals surface area contributed by atoms with E-state index in [9.17, 15) is 14.4 Å². The lowest BCUT2D eigenvalue weighted by atomic mass is 10.0. The minimum Gasteiger partial charge on any atom is -0.469 e. The lowest BCUT2D eigenvalue weighted by molar-refractivity contribution is -0.359. The van der Waals surface area contributed by atoms with Gasteiger partial charge in [0.1, 0.15) is 6.72 Å². The second-order valence-electron chi connectivity index (χ2n) is 7.50. The molecule has 7 nitrogen and oxygen atoms in total. The van der Waals surface area contributed by atoms with E-state index in [4.69, 9.17) is 0 Å². The Labute approximate surface area is 182 Å². The van der Waals surface area contributed by atoms with Crippen molar-refractivity contribution in [3.63, 3.8) is 0 Å². The maximum absolute atomic E-state index is 12.6. The Bertz CT molecular complexity index is 989. The number of carbonyl (C=O) groups is 3. The van der Waals surface area contributed by atoms with Gasteiger partial charge in [0, 0.05) is 35.5 Å². The Kier molecular flexibility index (Phi) is 7.54. The third-order valence-electron chi connectivity index (χ3n) is 5.29. The fourth-order valence-electron chi connectivity index (χ4n) is 3.50. The monoisotopic (exact) mass is 422 g/mol. The summed E-state index contributed by atoms with van der Waals surface area (Å²) in [5.74, 6) is -0.458. The van der Waals surface area contributed by atoms with E-state index >= 15 is 0 Å². The summed E-state index contributed by atoms with van der Waals surface area (Å²) < 4.78 is 6.00. The summed E-state index contributed by atoms with van der Waals surface area (Å²) in [6.45, 7) is 3.91. The lowest BCUT2D eigenvalue weighted by Gasteiger charge is -2.07. The van der Waals surface area contributed by atoms with E-state index in [2.05, 4.69) is 22.1 Å². The number of unbranched alkanes of at least 4 members (excludes halogenated alkanes) is 3. The number of rotatable bonds is 9. The largest absolute Gasteiger partial charge is 0.469 e. The molecule has 3 rings (SSSR count). The van der Waals surface area contributed by atoms with Crippen molar-refractivity contribution < 1.29 is 23.7 Å². The second-order valence-corrected chi connectivity index (χ2v) is 7.50. The first-order valence-corrected chi connectivity index (χ1v) is 10.5. The van der Waals surface area contributed by atoms with Crippen LogP contribution in [-0.4, -0.2) is 36.2 Å². The second kappa shape index (κ2) is 10.5. The highest BCUT2D eigenvalue weighted by molar-refractivity contribution is 6.32. The highest BCUT2D eigenvalue weighted by atomic mass is 16.5. The first-order valence-electron chi connectivity index (χ1n) is 10.5. The number of allylic oxidation sites excluding steroid dienone is 3. The summed E-state index contributed by atoms with van der Waals surface area (Å²) in [5.41, 5.74) is 3.53. The summed E-state index contributed by atoms with van der Waals surface area (Å²) in [4.78, 5) is 36.1. The quantitative estimate of drug-likeness (QED) is 0.208. The number of ether oxygens (including phenoxy) is 1. The van der Waals surface area contributed by atoms with Gasteiger partial charge in [-0.1, -0.05) is 25.0 Å². The van der Waals surface area contributed by atoms with Crippen LogP contribution in [0.3, 0.4) is 0 Å². The van der Waals surface area contributed by atoms with E-state index in [1.807, 2.05) is 30.5 Å². The summed E-state index contributed by atoms with van der Waals surface area (Å²) >= 11 is 0. The normalized spacial score (nSPS) is 15.7. The standard InChI is InChI=1S/C24H27N3O4/c1-27(22(28)10-5-3-4-6-11-23(29)31-2)18-12-13-21-19(16-18)20(24(30)26-21)15-17-9-7-8-14-25-17/h8-9,12-16,25H,1,3-7,10-11H2,2H3/p+1. The summed E-state index contributed by atoms with van der Waals surface area (Å²) in [7, 11) is 1.38. The van der Waals surface area contributed by atoms with Crippen LogP contribution in [0.1, 0.15) is 50.5 Å². The van der Waals surface area contributed by atoms with Gasteiger partial charge in [-0.05, 0) is 37.6 Å². The van der Waals surface area contributed by atoms with Gasteiger partial charge in [-0.2, -0.15) is 0 Å². The van der Waals surface area contributed by atoms with E-state index in [1.54, 1.807) is 12.1 Å². The van der Waals surface area contributed by atoms with Gasteiger partial charge >= 0.3 is 11.9 Å². The first kappa shape index (κ1) is 22.2. The number of nitrogens with one attached hydrogen (secondary N) is 2. The number of dihydropyridines is 1. The van der Waals surface area contributed by atoms with Crippen molar-refractivity contribution in [3.8, 4) is 0 Å². The maximum atomic E-state index is 12.6. The highest BCUT2D eigenvalue weighted by Crippen LogP contribution is 2.35. The Morgan fingerprint density at radius 3 is 2.68 bits per heavy atom. The van der Waals surface area contributed by atoms with Gasteiger partial charge in [-0.15, -0.1) is 4.58 Å². The summed E-state index contributed by atoms with van der Waals surface area (Å²) in [5, 5.41) is 5.98. The molecule has 1 aromatic rings. The van der Waals surface area contributed by atoms with E-state index < -0.39 is 0 Å². The number of esters is 1. The van der Waals surface area contributed by atoms with Crippen molar-refractivity contribution in [2.75, 3.05) is 12.4 Å². The zero-order valence-electron chi connectivity index (χ0n) is 17.8. The Morgan fingerprint density at radius 2 is 1.97 bits per heavy atom. The number of carbonyl (C=O) groups excluding carboxylic acids is 3. The van der Waals surface area contributed by atoms with Crippen molar-refractivity contribution in [1.29, 1.82) is 0 Å². The highest BCUT2D eigenvalue weighted by Gasteiger charge is 2.27. The number of hydrogen-bond acceptors (Lipinski definition) is 5. The minimum atomic E-state index is -0.204. The predicted octanol–water partition coefficient (Wildman–Crippen LogP) is 3.80. The fraction of sp³-hybridized carbons (Fsp3) is 0.333. The van der Waals surface area contributed by atoms with Gasteiger partial charge in [0.25, 0.3) is 5.91 Å². The van der Waals surface area contributed by atoms with Crippen LogP contribution in [0.25, 0.3) is 5.57 Å². The molecule has 162 valence electrons. The Morgan fingerprint density at radius 1 is 1.19 bits per heavy atom. The van der Waals surface area contributed by atoms with Crippen molar-refractivity contribution >= 4 is 41.4 Å². The van der Waals surface area contributed by atoms with Crippen LogP contribution in [0, 0.1) is 0 Å². The molecule has 31 heavy (non-hydrogen) atoms. The molecule has 0 unspecified atom stereocenters. The lowest BCUT2D eigenvalue weighted by Crippen LogP contribution is -2.14. The SMILES string of the molecule is C=[N+](C(=O)CCCCCCC(=O)OC)c1ccc2c(c1)C(=CC1=CCC=CN1)C(=O)N2. The average Bonchev–Trinajstić information content (AvgIpc) is 3.10. The Balaban J connectivity index is 1.60. The molecule has 2 N–H and O–H groups in total. The molecular weight excluding hydrogens is 394 g/mol. The zero-order valence-corrected chi connectivity index (χ0v) is 17.8. The molecule has 0 atom stereocenters. The first-order chi connectivity index (χ1) is 15.0. The number of amides is 2. The van der Waals surface area contributed by atoms with Crippen LogP contribution in [0.2, 0.25) is 0 Å². The summed E-state index contributed by atoms with van der Waals surface area (Å²) in [6, 6.07) is 5.40. The van der Waals surface area contributed by atoms with Gasteiger partial charge in [0.05, 0.1) is 19.1 Å². The van der Waals surface area contributed by atoms with Gasteiger partial charge in [-0.3, -0.25) is 9.59 Å². The van der Waals surface area contributed by atoms with Crippen molar-refractivity contribution in [2.45, 2.75) is 44.9 Å². The molecule has 7 heteroatoms. The molecule has 0 spiro atoms. The van der Waals surface area contributed by atoms with Crippen LogP contribution < -0.4 is 10.6 Å². The van der Waals surface area contributed by atoms with Gasteiger partial charge < -0.3 is 15.4 Å². The molecule has 0 saturated carbocycles. The molecule has 2 heterocycles. The third kappa shape index (κ3) is 5.78. The van der Waals surface area contributed by atoms with E-state index in [0.717, 1.165) is 49.1 Å². The molecule has 1 aromatic carbocycles. The molecule has 0 saturated heterocycles. The molecular formula is C24H28N3O4+. The zero-order chi connectivity index (χ0) is 22.2. The van der Waals surface area contributed by atoms with Crippen LogP contribution in [-0.2, 0) is 19.1 Å². The number of fused-ring (bicyclic) bond motifs is 1. The maximum Gasteiger partial charge on any atom is 0.392 e. The van der Waals surface area contributed by atoms with E-state index in [0.29, 0.717) is 24.1 Å². The topological polar surface area (TPSA) is 87.5 Å². The molecule has 0 bridgehead atoms. The van der Waals surface area contributed by atoms with Gasteiger partial charge in [-0.25, -0.2) is 4.79 Å². The van der Waals surface area contributed by atoms with Crippen molar-refractivity contribution in [1.82, 2.24) is 5.32 Å². The molecule has 0 aromatic heterocycles. The number of methoxy groups -OCH3 is 1. The number of hydrogen-bond donors (Lipinski definition) is 2. The molecule has 0 aliphatic carbocycles. The fourth-order valence-corrected chi connectivity index (χ4v) is 3.50. The molecule has 0 fully saturated rings. The molecule has 0 radical (unpaired) electrons. The van der Waals surface area contributed by atoms with E-state index in [1.165, 1.54) is 11.7 Å². The number of anilines is 1. The third-order valence-corrected chi connectivity index (χ3v) is 5.29. The van der Waals surface area contributed by atoms with Gasteiger partial charge in [0.15, 0.2) is 0 Å². The van der Waals surface area contributed by atoms with Gasteiger partial charge in [0.2, 0.25) is 5.69 Å². The van der Waals surface area contributed by atoms with E-state index in [-0.39, 0.29) is 17.8 Å². The minimum absolute atomic E-state index is 0.0856. The molecule has 2 amide bonds. The van der Waals surface area contributed by atoms with Crippen LogP contribution >= 0.6 is 0 Å². The van der Waals surface area contributed by atoms with Crippen LogP contribution in [0.15, 0.2) is 48.3 Å². The molecule has 2 aliphatic heterocycles. The van der Waals surface area contributed by atoms with Crippen molar-refractivity contribution in [2.24, 2.45) is 0 Å².